The number of amides is 2. The fourth-order valence-electron chi connectivity index (χ4n) is 1.46. The van der Waals surface area contributed by atoms with Crippen LogP contribution in [0.2, 0.25) is 0 Å². The number of rotatable bonds is 1. The van der Waals surface area contributed by atoms with Crippen molar-refractivity contribution >= 4 is 22.2 Å². The first-order valence-electron chi connectivity index (χ1n) is 5.66. The third-order valence-electron chi connectivity index (χ3n) is 2.24. The molecule has 1 aliphatic heterocycles. The summed E-state index contributed by atoms with van der Waals surface area (Å²) >= 11 is 0. The van der Waals surface area contributed by atoms with E-state index in [9.17, 15) is 18.0 Å². The zero-order chi connectivity index (χ0) is 14.1. The van der Waals surface area contributed by atoms with Crippen LogP contribution in [0.5, 0.6) is 0 Å². The van der Waals surface area contributed by atoms with Crippen molar-refractivity contribution in [1.29, 1.82) is 0 Å². The highest BCUT2D eigenvalue weighted by Crippen LogP contribution is 2.20. The van der Waals surface area contributed by atoms with E-state index in [1.54, 1.807) is 27.7 Å². The summed E-state index contributed by atoms with van der Waals surface area (Å²) < 4.78 is 30.2. The Morgan fingerprint density at radius 3 is 2.11 bits per heavy atom. The van der Waals surface area contributed by atoms with Crippen LogP contribution < -0.4 is 0 Å². The largest absolute Gasteiger partial charge is 0.443 e. The van der Waals surface area contributed by atoms with E-state index in [-0.39, 0.29) is 19.5 Å². The average Bonchev–Trinajstić information content (AvgIpc) is 2.50. The molecule has 1 saturated heterocycles. The molecule has 0 spiro atoms. The highest BCUT2D eigenvalue weighted by molar-refractivity contribution is 7.88. The maximum atomic E-state index is 12.0. The number of hydrogen-bond donors (Lipinski definition) is 0. The predicted molar refractivity (Wildman–Crippen MR) is 63.9 cm³/mol. The van der Waals surface area contributed by atoms with E-state index in [1.807, 2.05) is 0 Å². The molecule has 8 heteroatoms. The SMILES string of the molecule is CCC(=O)N1CCN(C(=O)OC(C)(C)C)S1(=O)=O. The number of carbonyl (C=O) groups excluding carboxylic acids is 2. The van der Waals surface area contributed by atoms with Crippen molar-refractivity contribution in [2.24, 2.45) is 0 Å². The Bertz CT molecular complexity index is 451. The van der Waals surface area contributed by atoms with Crippen molar-refractivity contribution in [3.63, 3.8) is 0 Å². The van der Waals surface area contributed by atoms with Crippen molar-refractivity contribution in [2.45, 2.75) is 39.7 Å². The molecule has 1 heterocycles. The van der Waals surface area contributed by atoms with E-state index in [1.165, 1.54) is 0 Å². The quantitative estimate of drug-likeness (QED) is 0.705. The van der Waals surface area contributed by atoms with Crippen molar-refractivity contribution < 1.29 is 22.7 Å². The van der Waals surface area contributed by atoms with Crippen LogP contribution in [0, 0.1) is 0 Å². The van der Waals surface area contributed by atoms with Crippen LogP contribution in [0.25, 0.3) is 0 Å². The third kappa shape index (κ3) is 2.92. The lowest BCUT2D eigenvalue weighted by molar-refractivity contribution is -0.125. The summed E-state index contributed by atoms with van der Waals surface area (Å²) in [6.07, 6.45) is -0.879. The Hall–Kier alpha value is -1.31. The number of nitrogens with zero attached hydrogens (tertiary/aromatic N) is 2. The van der Waals surface area contributed by atoms with Gasteiger partial charge in [0.15, 0.2) is 0 Å². The van der Waals surface area contributed by atoms with Crippen molar-refractivity contribution in [1.82, 2.24) is 8.61 Å². The molecule has 1 aliphatic rings. The molecule has 7 nitrogen and oxygen atoms in total. The zero-order valence-electron chi connectivity index (χ0n) is 11.0. The molecule has 0 unspecified atom stereocenters. The first-order chi connectivity index (χ1) is 8.09. The molecular weight excluding hydrogens is 260 g/mol. The van der Waals surface area contributed by atoms with Gasteiger partial charge in [-0.25, -0.2) is 9.10 Å². The fourth-order valence-corrected chi connectivity index (χ4v) is 2.93. The lowest BCUT2D eigenvalue weighted by Crippen LogP contribution is -2.41. The smallest absolute Gasteiger partial charge is 0.425 e. The van der Waals surface area contributed by atoms with Gasteiger partial charge >= 0.3 is 16.3 Å². The van der Waals surface area contributed by atoms with Crippen LogP contribution in [0.3, 0.4) is 0 Å². The average molecular weight is 278 g/mol. The van der Waals surface area contributed by atoms with Gasteiger partial charge < -0.3 is 4.74 Å². The summed E-state index contributed by atoms with van der Waals surface area (Å²) in [5.74, 6) is -0.527. The Balaban J connectivity index is 2.89. The lowest BCUT2D eigenvalue weighted by atomic mass is 10.2. The molecule has 1 rings (SSSR count). The minimum atomic E-state index is -4.07. The highest BCUT2D eigenvalue weighted by atomic mass is 32.2. The third-order valence-corrected chi connectivity index (χ3v) is 4.07. The predicted octanol–water partition coefficient (Wildman–Crippen LogP) is 0.721. The Morgan fingerprint density at radius 1 is 1.17 bits per heavy atom. The van der Waals surface area contributed by atoms with Crippen LogP contribution >= 0.6 is 0 Å². The molecule has 0 saturated carbocycles. The molecule has 0 N–H and O–H groups in total. The van der Waals surface area contributed by atoms with Crippen molar-refractivity contribution in [3.8, 4) is 0 Å². The Morgan fingerprint density at radius 2 is 1.67 bits per heavy atom. The first kappa shape index (κ1) is 14.7. The molecular formula is C10H18N2O5S. The molecule has 1 fully saturated rings. The molecule has 0 atom stereocenters. The molecule has 0 aromatic carbocycles. The molecule has 104 valence electrons. The van der Waals surface area contributed by atoms with Crippen LogP contribution in [0.4, 0.5) is 4.79 Å². The van der Waals surface area contributed by atoms with E-state index < -0.39 is 27.8 Å². The van der Waals surface area contributed by atoms with E-state index in [2.05, 4.69) is 0 Å². The summed E-state index contributed by atoms with van der Waals surface area (Å²) in [6.45, 7) is 6.40. The lowest BCUT2D eigenvalue weighted by Gasteiger charge is -2.24. The van der Waals surface area contributed by atoms with E-state index >= 15 is 0 Å². The second-order valence-electron chi connectivity index (χ2n) is 4.88. The highest BCUT2D eigenvalue weighted by Gasteiger charge is 2.43. The second kappa shape index (κ2) is 4.75. The fraction of sp³-hybridized carbons (Fsp3) is 0.800. The maximum Gasteiger partial charge on any atom is 0.425 e. The number of ether oxygens (including phenoxy) is 1. The Kier molecular flexibility index (Phi) is 3.89. The van der Waals surface area contributed by atoms with Crippen molar-refractivity contribution in [2.75, 3.05) is 13.1 Å². The van der Waals surface area contributed by atoms with Crippen LogP contribution in [-0.4, -0.2) is 47.7 Å². The van der Waals surface area contributed by atoms with Gasteiger partial charge in [0.2, 0.25) is 5.91 Å². The zero-order valence-corrected chi connectivity index (χ0v) is 11.8. The minimum absolute atomic E-state index is 0.0196. The molecule has 0 bridgehead atoms. The molecule has 0 aliphatic carbocycles. The van der Waals surface area contributed by atoms with Gasteiger partial charge in [0.05, 0.1) is 13.1 Å². The summed E-state index contributed by atoms with van der Waals surface area (Å²) in [5.41, 5.74) is -0.783. The summed E-state index contributed by atoms with van der Waals surface area (Å²) in [6, 6.07) is 0. The van der Waals surface area contributed by atoms with Gasteiger partial charge in [-0.2, -0.15) is 12.7 Å². The number of hydrogen-bond acceptors (Lipinski definition) is 5. The molecule has 0 radical (unpaired) electrons. The van der Waals surface area contributed by atoms with Gasteiger partial charge in [0.25, 0.3) is 0 Å². The van der Waals surface area contributed by atoms with Gasteiger partial charge in [0.1, 0.15) is 5.60 Å². The van der Waals surface area contributed by atoms with Gasteiger partial charge in [-0.15, -0.1) is 0 Å². The number of carbonyl (C=O) groups is 2. The van der Waals surface area contributed by atoms with Crippen LogP contribution in [0.1, 0.15) is 34.1 Å². The summed E-state index contributed by atoms with van der Waals surface area (Å²) in [7, 11) is -4.07. The molecule has 0 aromatic heterocycles. The van der Waals surface area contributed by atoms with Gasteiger partial charge in [-0.1, -0.05) is 6.92 Å². The minimum Gasteiger partial charge on any atom is -0.443 e. The molecule has 0 aromatic rings. The maximum absolute atomic E-state index is 12.0. The van der Waals surface area contributed by atoms with E-state index in [4.69, 9.17) is 4.74 Å². The molecule has 18 heavy (non-hydrogen) atoms. The standard InChI is InChI=1S/C10H18N2O5S/c1-5-8(13)11-6-7-12(18(11,15)16)9(14)17-10(2,3)4/h5-7H2,1-4H3. The topological polar surface area (TPSA) is 84.0 Å². The second-order valence-corrected chi connectivity index (χ2v) is 6.66. The summed E-state index contributed by atoms with van der Waals surface area (Å²) in [4.78, 5) is 23.2. The van der Waals surface area contributed by atoms with Crippen molar-refractivity contribution in [3.05, 3.63) is 0 Å². The summed E-state index contributed by atoms with van der Waals surface area (Å²) in [5, 5.41) is 0. The van der Waals surface area contributed by atoms with E-state index in [0.29, 0.717) is 8.61 Å². The van der Waals surface area contributed by atoms with Gasteiger partial charge in [0, 0.05) is 6.42 Å². The monoisotopic (exact) mass is 278 g/mol. The van der Waals surface area contributed by atoms with Crippen LogP contribution in [0.15, 0.2) is 0 Å². The van der Waals surface area contributed by atoms with Gasteiger partial charge in [-0.05, 0) is 20.8 Å². The normalized spacial score (nSPS) is 18.9. The van der Waals surface area contributed by atoms with E-state index in [0.717, 1.165) is 0 Å². The van der Waals surface area contributed by atoms with Gasteiger partial charge in [-0.3, -0.25) is 4.79 Å². The Labute approximate surface area is 107 Å². The van der Waals surface area contributed by atoms with Crippen LogP contribution in [-0.2, 0) is 19.7 Å². The molecule has 2 amide bonds. The first-order valence-corrected chi connectivity index (χ1v) is 7.05.